The number of benzene rings is 1. The molecule has 1 aliphatic heterocycles. The second-order valence-corrected chi connectivity index (χ2v) is 6.14. The summed E-state index contributed by atoms with van der Waals surface area (Å²) in [7, 11) is 5.78. The molecule has 0 amide bonds. The molecule has 1 fully saturated rings. The van der Waals surface area contributed by atoms with Crippen molar-refractivity contribution in [3.63, 3.8) is 0 Å². The van der Waals surface area contributed by atoms with Crippen molar-refractivity contribution in [3.05, 3.63) is 30.3 Å². The van der Waals surface area contributed by atoms with E-state index in [1.54, 1.807) is 7.11 Å². The van der Waals surface area contributed by atoms with E-state index in [4.69, 9.17) is 4.74 Å². The topological polar surface area (TPSA) is 40.1 Å². The van der Waals surface area contributed by atoms with Crippen LogP contribution in [0.15, 0.2) is 35.3 Å². The zero-order valence-electron chi connectivity index (χ0n) is 14.7. The van der Waals surface area contributed by atoms with Gasteiger partial charge in [-0.05, 0) is 25.0 Å². The van der Waals surface area contributed by atoms with Crippen molar-refractivity contribution in [1.29, 1.82) is 0 Å². The van der Waals surface area contributed by atoms with Crippen molar-refractivity contribution in [2.45, 2.75) is 12.8 Å². The molecule has 1 N–H and O–H groups in total. The number of likely N-dealkylation sites (tertiary alicyclic amines) is 1. The Morgan fingerprint density at radius 2 is 2.17 bits per heavy atom. The number of para-hydroxylation sites is 1. The number of guanidine groups is 1. The molecule has 0 radical (unpaired) electrons. The van der Waals surface area contributed by atoms with E-state index in [0.717, 1.165) is 45.2 Å². The zero-order chi connectivity index (χ0) is 16.5. The number of anilines is 1. The number of hydrogen-bond donors (Lipinski definition) is 1. The molecule has 0 aliphatic carbocycles. The van der Waals surface area contributed by atoms with E-state index in [9.17, 15) is 0 Å². The summed E-state index contributed by atoms with van der Waals surface area (Å²) >= 11 is 0. The van der Waals surface area contributed by atoms with Crippen LogP contribution in [-0.2, 0) is 4.74 Å². The Bertz CT molecular complexity index is 477. The Morgan fingerprint density at radius 1 is 1.39 bits per heavy atom. The number of methoxy groups -OCH3 is 1. The number of rotatable bonds is 7. The maximum atomic E-state index is 5.26. The van der Waals surface area contributed by atoms with Crippen LogP contribution in [0.3, 0.4) is 0 Å². The van der Waals surface area contributed by atoms with Gasteiger partial charge in [0, 0.05) is 59.0 Å². The molecule has 5 nitrogen and oxygen atoms in total. The van der Waals surface area contributed by atoms with Crippen LogP contribution >= 0.6 is 0 Å². The second kappa shape index (κ2) is 9.40. The van der Waals surface area contributed by atoms with Gasteiger partial charge in [-0.15, -0.1) is 0 Å². The third-order valence-corrected chi connectivity index (χ3v) is 4.35. The highest BCUT2D eigenvalue weighted by atomic mass is 16.5. The fraction of sp³-hybridized carbons (Fsp3) is 0.611. The van der Waals surface area contributed by atoms with Crippen LogP contribution in [0.5, 0.6) is 0 Å². The van der Waals surface area contributed by atoms with Crippen molar-refractivity contribution < 1.29 is 4.74 Å². The van der Waals surface area contributed by atoms with Gasteiger partial charge in [0.25, 0.3) is 0 Å². The Kier molecular flexibility index (Phi) is 7.20. The van der Waals surface area contributed by atoms with Crippen LogP contribution in [0.1, 0.15) is 12.8 Å². The highest BCUT2D eigenvalue weighted by Crippen LogP contribution is 2.16. The SMILES string of the molecule is CN=C(NCCCN(C)c1ccccc1)N1CCC(COC)C1. The molecule has 1 unspecified atom stereocenters. The lowest BCUT2D eigenvalue weighted by atomic mass is 10.1. The summed E-state index contributed by atoms with van der Waals surface area (Å²) in [5, 5.41) is 3.49. The normalized spacial score (nSPS) is 18.3. The molecule has 0 aromatic heterocycles. The van der Waals surface area contributed by atoms with Gasteiger partial charge in [-0.1, -0.05) is 18.2 Å². The van der Waals surface area contributed by atoms with E-state index in [1.165, 1.54) is 12.1 Å². The summed E-state index contributed by atoms with van der Waals surface area (Å²) in [5.74, 6) is 1.65. The van der Waals surface area contributed by atoms with Crippen LogP contribution in [0, 0.1) is 5.92 Å². The van der Waals surface area contributed by atoms with Gasteiger partial charge in [0.15, 0.2) is 5.96 Å². The molecule has 2 rings (SSSR count). The lowest BCUT2D eigenvalue weighted by Crippen LogP contribution is -2.41. The lowest BCUT2D eigenvalue weighted by Gasteiger charge is -2.23. The van der Waals surface area contributed by atoms with E-state index in [-0.39, 0.29) is 0 Å². The lowest BCUT2D eigenvalue weighted by molar-refractivity contribution is 0.157. The smallest absolute Gasteiger partial charge is 0.193 e. The van der Waals surface area contributed by atoms with Crippen LogP contribution < -0.4 is 10.2 Å². The molecule has 0 spiro atoms. The molecule has 0 saturated carbocycles. The highest BCUT2D eigenvalue weighted by Gasteiger charge is 2.24. The van der Waals surface area contributed by atoms with Crippen LogP contribution in [-0.4, -0.2) is 64.9 Å². The maximum absolute atomic E-state index is 5.26. The first-order valence-electron chi connectivity index (χ1n) is 8.45. The van der Waals surface area contributed by atoms with Crippen molar-refractivity contribution in [1.82, 2.24) is 10.2 Å². The summed E-state index contributed by atoms with van der Waals surface area (Å²) in [6.45, 7) is 4.92. The standard InChI is InChI=1S/C18H30N4O/c1-19-18(22-13-10-16(14-22)15-23-3)20-11-7-12-21(2)17-8-5-4-6-9-17/h4-6,8-9,16H,7,10-15H2,1-3H3,(H,19,20). The molecule has 128 valence electrons. The molecule has 1 aromatic rings. The predicted octanol–water partition coefficient (Wildman–Crippen LogP) is 2.06. The van der Waals surface area contributed by atoms with Gasteiger partial charge in [0.05, 0.1) is 6.61 Å². The van der Waals surface area contributed by atoms with E-state index in [2.05, 4.69) is 57.5 Å². The molecular formula is C18H30N4O. The van der Waals surface area contributed by atoms with Gasteiger partial charge < -0.3 is 19.9 Å². The first-order valence-corrected chi connectivity index (χ1v) is 8.45. The Morgan fingerprint density at radius 3 is 2.87 bits per heavy atom. The molecule has 1 aromatic carbocycles. The minimum atomic E-state index is 0.628. The van der Waals surface area contributed by atoms with Gasteiger partial charge >= 0.3 is 0 Å². The number of hydrogen-bond acceptors (Lipinski definition) is 3. The largest absolute Gasteiger partial charge is 0.384 e. The van der Waals surface area contributed by atoms with Crippen LogP contribution in [0.25, 0.3) is 0 Å². The van der Waals surface area contributed by atoms with Gasteiger partial charge in [0.1, 0.15) is 0 Å². The van der Waals surface area contributed by atoms with Crippen molar-refractivity contribution in [3.8, 4) is 0 Å². The van der Waals surface area contributed by atoms with Gasteiger partial charge in [-0.2, -0.15) is 0 Å². The van der Waals surface area contributed by atoms with Crippen LogP contribution in [0.2, 0.25) is 0 Å². The molecule has 1 atom stereocenters. The monoisotopic (exact) mass is 318 g/mol. The predicted molar refractivity (Wildman–Crippen MR) is 97.2 cm³/mol. The summed E-state index contributed by atoms with van der Waals surface area (Å²) in [5.41, 5.74) is 1.26. The minimum absolute atomic E-state index is 0.628. The van der Waals surface area contributed by atoms with Gasteiger partial charge in [-0.3, -0.25) is 4.99 Å². The first kappa shape index (κ1) is 17.6. The van der Waals surface area contributed by atoms with Crippen LogP contribution in [0.4, 0.5) is 5.69 Å². The molecule has 0 bridgehead atoms. The molecule has 1 aliphatic rings. The number of aliphatic imine (C=N–C) groups is 1. The van der Waals surface area contributed by atoms with Crippen molar-refractivity contribution in [2.24, 2.45) is 10.9 Å². The van der Waals surface area contributed by atoms with Crippen molar-refractivity contribution >= 4 is 11.6 Å². The average molecular weight is 318 g/mol. The Labute approximate surface area is 140 Å². The minimum Gasteiger partial charge on any atom is -0.384 e. The summed E-state index contributed by atoms with van der Waals surface area (Å²) in [6, 6.07) is 10.5. The second-order valence-electron chi connectivity index (χ2n) is 6.14. The molecule has 1 saturated heterocycles. The molecular weight excluding hydrogens is 288 g/mol. The molecule has 1 heterocycles. The fourth-order valence-electron chi connectivity index (χ4n) is 3.06. The van der Waals surface area contributed by atoms with Crippen molar-refractivity contribution in [2.75, 3.05) is 58.9 Å². The van der Waals surface area contributed by atoms with E-state index >= 15 is 0 Å². The third-order valence-electron chi connectivity index (χ3n) is 4.35. The average Bonchev–Trinajstić information content (AvgIpc) is 3.04. The third kappa shape index (κ3) is 5.43. The van der Waals surface area contributed by atoms with E-state index in [0.29, 0.717) is 5.92 Å². The number of nitrogens with zero attached hydrogens (tertiary/aromatic N) is 3. The Balaban J connectivity index is 1.68. The van der Waals surface area contributed by atoms with Gasteiger partial charge in [-0.25, -0.2) is 0 Å². The summed E-state index contributed by atoms with van der Waals surface area (Å²) in [6.07, 6.45) is 2.27. The maximum Gasteiger partial charge on any atom is 0.193 e. The number of ether oxygens (including phenoxy) is 1. The molecule has 5 heteroatoms. The van der Waals surface area contributed by atoms with E-state index in [1.807, 2.05) is 7.05 Å². The molecule has 23 heavy (non-hydrogen) atoms. The van der Waals surface area contributed by atoms with Gasteiger partial charge in [0.2, 0.25) is 0 Å². The highest BCUT2D eigenvalue weighted by molar-refractivity contribution is 5.80. The first-order chi connectivity index (χ1) is 11.2. The summed E-state index contributed by atoms with van der Waals surface area (Å²) < 4.78 is 5.26. The Hall–Kier alpha value is -1.75. The van der Waals surface area contributed by atoms with E-state index < -0.39 is 0 Å². The summed E-state index contributed by atoms with van der Waals surface area (Å²) in [4.78, 5) is 9.04. The fourth-order valence-corrected chi connectivity index (χ4v) is 3.06. The zero-order valence-corrected chi connectivity index (χ0v) is 14.7. The number of nitrogens with one attached hydrogen (secondary N) is 1. The quantitative estimate of drug-likeness (QED) is 0.475.